The number of nitrogens with one attached hydrogen (secondary N) is 1. The molecule has 0 saturated carbocycles. The van der Waals surface area contributed by atoms with Crippen LogP contribution in [0.5, 0.6) is 0 Å². The van der Waals surface area contributed by atoms with Gasteiger partial charge in [0.25, 0.3) is 0 Å². The number of aromatic nitrogens is 1. The molecule has 0 aliphatic carbocycles. The molecule has 0 atom stereocenters. The molecule has 1 aliphatic rings. The van der Waals surface area contributed by atoms with Crippen LogP contribution >= 0.6 is 0 Å². The summed E-state index contributed by atoms with van der Waals surface area (Å²) < 4.78 is 39.4. The number of hydrogen-bond acceptors (Lipinski definition) is 5. The van der Waals surface area contributed by atoms with Crippen LogP contribution in [0.4, 0.5) is 10.2 Å². The second-order valence-corrected chi connectivity index (χ2v) is 7.70. The van der Waals surface area contributed by atoms with E-state index in [2.05, 4.69) is 15.5 Å². The second-order valence-electron chi connectivity index (χ2n) is 5.77. The Kier molecular flexibility index (Phi) is 5.40. The van der Waals surface area contributed by atoms with E-state index >= 15 is 0 Å². The van der Waals surface area contributed by atoms with E-state index in [1.54, 1.807) is 18.2 Å². The van der Waals surface area contributed by atoms with Crippen molar-refractivity contribution in [2.24, 2.45) is 5.10 Å². The van der Waals surface area contributed by atoms with Crippen molar-refractivity contribution in [2.75, 3.05) is 18.5 Å². The predicted molar refractivity (Wildman–Crippen MR) is 94.5 cm³/mol. The highest BCUT2D eigenvalue weighted by Gasteiger charge is 2.25. The second kappa shape index (κ2) is 7.71. The number of nitrogens with zero attached hydrogens (tertiary/aromatic N) is 3. The summed E-state index contributed by atoms with van der Waals surface area (Å²) in [6.07, 6.45) is 5.72. The van der Waals surface area contributed by atoms with Gasteiger partial charge in [0.15, 0.2) is 0 Å². The summed E-state index contributed by atoms with van der Waals surface area (Å²) >= 11 is 0. The molecule has 1 saturated heterocycles. The minimum absolute atomic E-state index is 0.183. The lowest BCUT2D eigenvalue weighted by atomic mass is 10.2. The first-order valence-corrected chi connectivity index (χ1v) is 9.50. The topological polar surface area (TPSA) is 74.7 Å². The van der Waals surface area contributed by atoms with Crippen LogP contribution in [0.15, 0.2) is 52.6 Å². The molecular weight excluding hydrogens is 343 g/mol. The standard InChI is InChI=1S/C17H19FN4O2S/c18-15-6-4-14(5-7-15)12-20-21-17-9-8-16(13-19-17)25(23,24)22-10-2-1-3-11-22/h4-9,12-13H,1-3,10-11H2,(H,19,21)/b20-12-. The van der Waals surface area contributed by atoms with Crippen molar-refractivity contribution in [3.63, 3.8) is 0 Å². The molecule has 8 heteroatoms. The molecule has 1 aliphatic heterocycles. The number of pyridine rings is 1. The van der Waals surface area contributed by atoms with Gasteiger partial charge in [0.1, 0.15) is 16.5 Å². The van der Waals surface area contributed by atoms with Crippen LogP contribution in [0.1, 0.15) is 24.8 Å². The van der Waals surface area contributed by atoms with Crippen molar-refractivity contribution < 1.29 is 12.8 Å². The normalized spacial score (nSPS) is 16.2. The fraction of sp³-hybridized carbons (Fsp3) is 0.294. The highest BCUT2D eigenvalue weighted by molar-refractivity contribution is 7.89. The van der Waals surface area contributed by atoms with Gasteiger partial charge >= 0.3 is 0 Å². The van der Waals surface area contributed by atoms with E-state index in [-0.39, 0.29) is 10.7 Å². The van der Waals surface area contributed by atoms with Crippen molar-refractivity contribution in [1.29, 1.82) is 0 Å². The van der Waals surface area contributed by atoms with Gasteiger partial charge in [-0.15, -0.1) is 0 Å². The average Bonchev–Trinajstić information content (AvgIpc) is 2.64. The molecule has 25 heavy (non-hydrogen) atoms. The van der Waals surface area contributed by atoms with Crippen molar-refractivity contribution in [2.45, 2.75) is 24.2 Å². The average molecular weight is 362 g/mol. The first kappa shape index (κ1) is 17.5. The third kappa shape index (κ3) is 4.40. The van der Waals surface area contributed by atoms with E-state index in [0.29, 0.717) is 18.9 Å². The molecule has 1 aromatic heterocycles. The van der Waals surface area contributed by atoms with E-state index in [4.69, 9.17) is 0 Å². The Morgan fingerprint density at radius 3 is 2.44 bits per heavy atom. The number of benzene rings is 1. The number of anilines is 1. The maximum Gasteiger partial charge on any atom is 0.244 e. The zero-order chi connectivity index (χ0) is 17.7. The van der Waals surface area contributed by atoms with Gasteiger partial charge in [0.05, 0.1) is 6.21 Å². The summed E-state index contributed by atoms with van der Waals surface area (Å²) in [4.78, 5) is 4.28. The molecule has 0 radical (unpaired) electrons. The summed E-state index contributed by atoms with van der Waals surface area (Å²) in [5.41, 5.74) is 3.46. The van der Waals surface area contributed by atoms with Crippen LogP contribution in [0, 0.1) is 5.82 Å². The third-order valence-corrected chi connectivity index (χ3v) is 5.83. The van der Waals surface area contributed by atoms with Crippen LogP contribution in [0.25, 0.3) is 0 Å². The Bertz CT molecular complexity index is 830. The van der Waals surface area contributed by atoms with Crippen molar-refractivity contribution in [3.05, 3.63) is 54.0 Å². The Hall–Kier alpha value is -2.32. The van der Waals surface area contributed by atoms with Gasteiger partial charge in [-0.1, -0.05) is 18.6 Å². The Balaban J connectivity index is 1.64. The number of halogens is 1. The molecule has 2 aromatic rings. The number of piperidine rings is 1. The minimum Gasteiger partial charge on any atom is -0.261 e. The van der Waals surface area contributed by atoms with E-state index in [1.807, 2.05) is 0 Å². The van der Waals surface area contributed by atoms with E-state index in [1.165, 1.54) is 34.9 Å². The molecule has 1 aromatic carbocycles. The highest BCUT2D eigenvalue weighted by atomic mass is 32.2. The van der Waals surface area contributed by atoms with E-state index in [9.17, 15) is 12.8 Å². The van der Waals surface area contributed by atoms with Crippen LogP contribution in [0.2, 0.25) is 0 Å². The molecule has 0 spiro atoms. The van der Waals surface area contributed by atoms with Crippen molar-refractivity contribution in [3.8, 4) is 0 Å². The predicted octanol–water partition coefficient (Wildman–Crippen LogP) is 2.84. The van der Waals surface area contributed by atoms with Crippen LogP contribution in [-0.4, -0.2) is 37.0 Å². The molecule has 1 fully saturated rings. The zero-order valence-electron chi connectivity index (χ0n) is 13.6. The molecular formula is C17H19FN4O2S. The van der Waals surface area contributed by atoms with Gasteiger partial charge in [0, 0.05) is 19.3 Å². The summed E-state index contributed by atoms with van der Waals surface area (Å²) in [6, 6.07) is 8.98. The Morgan fingerprint density at radius 2 is 1.80 bits per heavy atom. The lowest BCUT2D eigenvalue weighted by Gasteiger charge is -2.25. The number of rotatable bonds is 5. The maximum atomic E-state index is 12.8. The number of hydrazone groups is 1. The molecule has 2 heterocycles. The molecule has 132 valence electrons. The summed E-state index contributed by atoms with van der Waals surface area (Å²) in [7, 11) is -3.48. The maximum absolute atomic E-state index is 12.8. The van der Waals surface area contributed by atoms with Gasteiger partial charge in [-0.25, -0.2) is 17.8 Å². The lowest BCUT2D eigenvalue weighted by molar-refractivity contribution is 0.346. The number of sulfonamides is 1. The van der Waals surface area contributed by atoms with Crippen molar-refractivity contribution >= 4 is 22.1 Å². The zero-order valence-corrected chi connectivity index (χ0v) is 14.4. The molecule has 0 amide bonds. The highest BCUT2D eigenvalue weighted by Crippen LogP contribution is 2.20. The van der Waals surface area contributed by atoms with Crippen LogP contribution in [0.3, 0.4) is 0 Å². The van der Waals surface area contributed by atoms with Crippen LogP contribution < -0.4 is 5.43 Å². The third-order valence-electron chi connectivity index (χ3n) is 3.95. The van der Waals surface area contributed by atoms with E-state index < -0.39 is 10.0 Å². The number of hydrogen-bond donors (Lipinski definition) is 1. The monoisotopic (exact) mass is 362 g/mol. The Labute approximate surface area is 146 Å². The molecule has 6 nitrogen and oxygen atoms in total. The fourth-order valence-corrected chi connectivity index (χ4v) is 4.04. The smallest absolute Gasteiger partial charge is 0.244 e. The Morgan fingerprint density at radius 1 is 1.08 bits per heavy atom. The SMILES string of the molecule is O=S(=O)(c1ccc(N/N=C\c2ccc(F)cc2)nc1)N1CCCCC1. The molecule has 1 N–H and O–H groups in total. The van der Waals surface area contributed by atoms with Crippen molar-refractivity contribution in [1.82, 2.24) is 9.29 Å². The van der Waals surface area contributed by atoms with Gasteiger partial charge in [0.2, 0.25) is 10.0 Å². The summed E-state index contributed by atoms with van der Waals surface area (Å²) in [5.74, 6) is 0.119. The lowest BCUT2D eigenvalue weighted by Crippen LogP contribution is -2.35. The minimum atomic E-state index is -3.48. The molecule has 0 bridgehead atoms. The first-order valence-electron chi connectivity index (χ1n) is 8.06. The van der Waals surface area contributed by atoms with Gasteiger partial charge in [-0.2, -0.15) is 9.41 Å². The van der Waals surface area contributed by atoms with Crippen LogP contribution in [-0.2, 0) is 10.0 Å². The first-order chi connectivity index (χ1) is 12.1. The largest absolute Gasteiger partial charge is 0.261 e. The summed E-state index contributed by atoms with van der Waals surface area (Å²) in [5, 5.41) is 4.00. The van der Waals surface area contributed by atoms with Gasteiger partial charge < -0.3 is 0 Å². The molecule has 3 rings (SSSR count). The summed E-state index contributed by atoms with van der Waals surface area (Å²) in [6.45, 7) is 1.12. The van der Waals surface area contributed by atoms with E-state index in [0.717, 1.165) is 24.8 Å². The van der Waals surface area contributed by atoms with Gasteiger partial charge in [-0.3, -0.25) is 5.43 Å². The quantitative estimate of drug-likeness (QED) is 0.656. The molecule has 0 unspecified atom stereocenters. The fourth-order valence-electron chi connectivity index (χ4n) is 2.58. The van der Waals surface area contributed by atoms with Gasteiger partial charge in [-0.05, 0) is 42.7 Å².